The molecule has 0 atom stereocenters. The van der Waals surface area contributed by atoms with Gasteiger partial charge in [-0.25, -0.2) is 0 Å². The topological polar surface area (TPSA) is 101 Å². The zero-order chi connectivity index (χ0) is 11.3. The number of benzene rings is 1. The SMILES string of the molecule is NC(=O)c1ccc(N)cc1NCCCO. The van der Waals surface area contributed by atoms with E-state index in [1.165, 1.54) is 0 Å². The fraction of sp³-hybridized carbons (Fsp3) is 0.300. The molecule has 0 saturated heterocycles. The van der Waals surface area contributed by atoms with Gasteiger partial charge < -0.3 is 21.9 Å². The minimum Gasteiger partial charge on any atom is -0.399 e. The molecule has 0 aliphatic rings. The first-order valence-corrected chi connectivity index (χ1v) is 4.69. The monoisotopic (exact) mass is 209 g/mol. The molecule has 0 aliphatic heterocycles. The van der Waals surface area contributed by atoms with Crippen LogP contribution in [-0.4, -0.2) is 24.2 Å². The van der Waals surface area contributed by atoms with Crippen molar-refractivity contribution < 1.29 is 9.90 Å². The van der Waals surface area contributed by atoms with Crippen LogP contribution < -0.4 is 16.8 Å². The molecule has 5 nitrogen and oxygen atoms in total. The predicted octanol–water partition coefficient (Wildman–Crippen LogP) is 0.162. The van der Waals surface area contributed by atoms with Gasteiger partial charge in [0.2, 0.25) is 0 Å². The van der Waals surface area contributed by atoms with Crippen molar-refractivity contribution in [2.24, 2.45) is 5.73 Å². The Balaban J connectivity index is 2.82. The van der Waals surface area contributed by atoms with Gasteiger partial charge in [-0.3, -0.25) is 4.79 Å². The molecule has 1 rings (SSSR count). The molecular weight excluding hydrogens is 194 g/mol. The molecule has 1 aromatic rings. The Morgan fingerprint density at radius 2 is 2.20 bits per heavy atom. The standard InChI is InChI=1S/C10H15N3O2/c11-7-2-3-8(10(12)15)9(6-7)13-4-1-5-14/h2-3,6,13-14H,1,4-5,11H2,(H2,12,15). The summed E-state index contributed by atoms with van der Waals surface area (Å²) >= 11 is 0. The van der Waals surface area contributed by atoms with E-state index in [4.69, 9.17) is 16.6 Å². The molecule has 0 fully saturated rings. The zero-order valence-electron chi connectivity index (χ0n) is 8.36. The first kappa shape index (κ1) is 11.3. The molecule has 82 valence electrons. The third kappa shape index (κ3) is 3.14. The van der Waals surface area contributed by atoms with Crippen molar-refractivity contribution in [1.29, 1.82) is 0 Å². The summed E-state index contributed by atoms with van der Waals surface area (Å²) in [6, 6.07) is 4.85. The number of primary amides is 1. The van der Waals surface area contributed by atoms with Crippen LogP contribution in [0, 0.1) is 0 Å². The van der Waals surface area contributed by atoms with E-state index in [1.54, 1.807) is 18.2 Å². The molecule has 0 radical (unpaired) electrons. The number of amides is 1. The molecule has 15 heavy (non-hydrogen) atoms. The van der Waals surface area contributed by atoms with E-state index < -0.39 is 5.91 Å². The van der Waals surface area contributed by atoms with E-state index in [9.17, 15) is 4.79 Å². The molecule has 0 bridgehead atoms. The van der Waals surface area contributed by atoms with E-state index in [0.29, 0.717) is 29.9 Å². The highest BCUT2D eigenvalue weighted by Gasteiger charge is 2.07. The molecule has 1 amide bonds. The third-order valence-corrected chi connectivity index (χ3v) is 1.96. The predicted molar refractivity (Wildman–Crippen MR) is 59.6 cm³/mol. The summed E-state index contributed by atoms with van der Waals surface area (Å²) in [5.74, 6) is -0.499. The van der Waals surface area contributed by atoms with Gasteiger partial charge in [-0.05, 0) is 24.6 Å². The minimum absolute atomic E-state index is 0.0984. The third-order valence-electron chi connectivity index (χ3n) is 1.96. The summed E-state index contributed by atoms with van der Waals surface area (Å²) in [7, 11) is 0. The quantitative estimate of drug-likeness (QED) is 0.410. The van der Waals surface area contributed by atoms with E-state index in [0.717, 1.165) is 0 Å². The molecule has 1 aromatic carbocycles. The number of aliphatic hydroxyl groups is 1. The van der Waals surface area contributed by atoms with Crippen LogP contribution in [0.3, 0.4) is 0 Å². The zero-order valence-corrected chi connectivity index (χ0v) is 8.36. The minimum atomic E-state index is -0.499. The number of hydrogen-bond acceptors (Lipinski definition) is 4. The van der Waals surface area contributed by atoms with Crippen molar-refractivity contribution in [3.05, 3.63) is 23.8 Å². The highest BCUT2D eigenvalue weighted by molar-refractivity contribution is 5.99. The van der Waals surface area contributed by atoms with Gasteiger partial charge in [-0.15, -0.1) is 0 Å². The van der Waals surface area contributed by atoms with Crippen LogP contribution in [0.15, 0.2) is 18.2 Å². The van der Waals surface area contributed by atoms with Crippen LogP contribution in [0.4, 0.5) is 11.4 Å². The number of aliphatic hydroxyl groups excluding tert-OH is 1. The number of nitrogens with two attached hydrogens (primary N) is 2. The lowest BCUT2D eigenvalue weighted by Gasteiger charge is -2.10. The summed E-state index contributed by atoms with van der Waals surface area (Å²) in [6.45, 7) is 0.668. The summed E-state index contributed by atoms with van der Waals surface area (Å²) in [4.78, 5) is 11.1. The Labute approximate surface area is 88.1 Å². The molecule has 0 aliphatic carbocycles. The Hall–Kier alpha value is -1.75. The average Bonchev–Trinajstić information content (AvgIpc) is 2.18. The lowest BCUT2D eigenvalue weighted by atomic mass is 10.1. The van der Waals surface area contributed by atoms with E-state index in [1.807, 2.05) is 0 Å². The molecule has 0 saturated carbocycles. The van der Waals surface area contributed by atoms with Gasteiger partial charge in [-0.2, -0.15) is 0 Å². The second-order valence-electron chi connectivity index (χ2n) is 3.17. The molecule has 0 heterocycles. The van der Waals surface area contributed by atoms with Crippen molar-refractivity contribution in [2.75, 3.05) is 24.2 Å². The lowest BCUT2D eigenvalue weighted by Crippen LogP contribution is -2.15. The van der Waals surface area contributed by atoms with Gasteiger partial charge >= 0.3 is 0 Å². The van der Waals surface area contributed by atoms with Crippen LogP contribution in [0.5, 0.6) is 0 Å². The molecule has 0 spiro atoms. The van der Waals surface area contributed by atoms with E-state index >= 15 is 0 Å². The van der Waals surface area contributed by atoms with Crippen molar-refractivity contribution >= 4 is 17.3 Å². The fourth-order valence-electron chi connectivity index (χ4n) is 1.23. The maximum atomic E-state index is 11.1. The second kappa shape index (κ2) is 5.21. The first-order chi connectivity index (χ1) is 7.15. The number of anilines is 2. The fourth-order valence-corrected chi connectivity index (χ4v) is 1.23. The number of nitrogen functional groups attached to an aromatic ring is 1. The van der Waals surface area contributed by atoms with Gasteiger partial charge in [0.1, 0.15) is 0 Å². The van der Waals surface area contributed by atoms with Gasteiger partial charge in [0.05, 0.1) is 5.56 Å². The normalized spacial score (nSPS) is 9.93. The summed E-state index contributed by atoms with van der Waals surface area (Å²) in [5, 5.41) is 11.6. The Morgan fingerprint density at radius 1 is 1.47 bits per heavy atom. The summed E-state index contributed by atoms with van der Waals surface area (Å²) in [6.07, 6.45) is 0.604. The largest absolute Gasteiger partial charge is 0.399 e. The van der Waals surface area contributed by atoms with Crippen molar-refractivity contribution in [3.63, 3.8) is 0 Å². The molecule has 0 unspecified atom stereocenters. The van der Waals surface area contributed by atoms with Crippen molar-refractivity contribution in [2.45, 2.75) is 6.42 Å². The van der Waals surface area contributed by atoms with Crippen molar-refractivity contribution in [3.8, 4) is 0 Å². The number of hydrogen-bond donors (Lipinski definition) is 4. The van der Waals surface area contributed by atoms with Crippen molar-refractivity contribution in [1.82, 2.24) is 0 Å². The van der Waals surface area contributed by atoms with Crippen LogP contribution >= 0.6 is 0 Å². The summed E-state index contributed by atoms with van der Waals surface area (Å²) in [5.41, 5.74) is 12.4. The molecule has 6 N–H and O–H groups in total. The highest BCUT2D eigenvalue weighted by Crippen LogP contribution is 2.18. The van der Waals surface area contributed by atoms with Crippen LogP contribution in [-0.2, 0) is 0 Å². The number of carbonyl (C=O) groups excluding carboxylic acids is 1. The van der Waals surface area contributed by atoms with Gasteiger partial charge in [-0.1, -0.05) is 0 Å². The first-order valence-electron chi connectivity index (χ1n) is 4.69. The smallest absolute Gasteiger partial charge is 0.250 e. The molecule has 0 aromatic heterocycles. The second-order valence-corrected chi connectivity index (χ2v) is 3.17. The Kier molecular flexibility index (Phi) is 3.93. The van der Waals surface area contributed by atoms with E-state index in [2.05, 4.69) is 5.32 Å². The van der Waals surface area contributed by atoms with Gasteiger partial charge in [0, 0.05) is 24.5 Å². The van der Waals surface area contributed by atoms with Crippen LogP contribution in [0.1, 0.15) is 16.8 Å². The maximum absolute atomic E-state index is 11.1. The molecule has 5 heteroatoms. The Morgan fingerprint density at radius 3 is 2.80 bits per heavy atom. The van der Waals surface area contributed by atoms with Crippen LogP contribution in [0.2, 0.25) is 0 Å². The lowest BCUT2D eigenvalue weighted by molar-refractivity contribution is 0.100. The maximum Gasteiger partial charge on any atom is 0.250 e. The van der Waals surface area contributed by atoms with E-state index in [-0.39, 0.29) is 6.61 Å². The number of rotatable bonds is 5. The van der Waals surface area contributed by atoms with Gasteiger partial charge in [0.15, 0.2) is 0 Å². The number of carbonyl (C=O) groups is 1. The molecular formula is C10H15N3O2. The Bertz CT molecular complexity index is 353. The van der Waals surface area contributed by atoms with Crippen LogP contribution in [0.25, 0.3) is 0 Å². The highest BCUT2D eigenvalue weighted by atomic mass is 16.3. The number of nitrogens with one attached hydrogen (secondary N) is 1. The summed E-state index contributed by atoms with van der Waals surface area (Å²) < 4.78 is 0. The average molecular weight is 209 g/mol. The van der Waals surface area contributed by atoms with Gasteiger partial charge in [0.25, 0.3) is 5.91 Å².